The van der Waals surface area contributed by atoms with Crippen molar-refractivity contribution in [2.45, 2.75) is 90.4 Å². The van der Waals surface area contributed by atoms with Gasteiger partial charge in [0.25, 0.3) is 5.56 Å². The van der Waals surface area contributed by atoms with E-state index in [1.807, 2.05) is 19.9 Å². The molecule has 0 bridgehead atoms. The molecule has 0 saturated heterocycles. The number of unbranched alkanes of at least 4 members (excludes halogenated alkanes) is 1. The number of rotatable bonds is 5. The van der Waals surface area contributed by atoms with E-state index < -0.39 is 11.9 Å². The molecule has 0 amide bonds. The number of pyridine rings is 1. The van der Waals surface area contributed by atoms with Crippen molar-refractivity contribution in [1.29, 1.82) is 0 Å². The van der Waals surface area contributed by atoms with Crippen molar-refractivity contribution in [3.8, 4) is 0 Å². The summed E-state index contributed by atoms with van der Waals surface area (Å²) < 4.78 is 28.4. The first-order valence-corrected chi connectivity index (χ1v) is 12.9. The van der Waals surface area contributed by atoms with E-state index in [1.165, 1.54) is 11.1 Å². The van der Waals surface area contributed by atoms with Gasteiger partial charge >= 0.3 is 0 Å². The first-order valence-electron chi connectivity index (χ1n) is 12.9. The van der Waals surface area contributed by atoms with Crippen LogP contribution in [0.5, 0.6) is 0 Å². The van der Waals surface area contributed by atoms with Crippen LogP contribution in [0.3, 0.4) is 0 Å². The lowest BCUT2D eigenvalue weighted by Crippen LogP contribution is -2.49. The summed E-state index contributed by atoms with van der Waals surface area (Å²) in [5, 5.41) is 15.3. The molecule has 3 atom stereocenters. The standard InChI is InChI=1S/C28H33FN2O4/c1-4-6-10-34-27-28(33,5-2)20-11-23-25-18(13-31(23)26(32)19(20)14-35-27)17-9-7-8-16-15(3)21(29)12-22(30-25)24(16)17/h11-12,22,27,30,33H,4-10,13-14H2,1-3H3. The Kier molecular flexibility index (Phi) is 5.43. The van der Waals surface area contributed by atoms with E-state index in [9.17, 15) is 14.3 Å². The fraction of sp³-hybridized carbons (Fsp3) is 0.536. The molecule has 0 saturated carbocycles. The molecule has 0 spiro atoms. The highest BCUT2D eigenvalue weighted by molar-refractivity contribution is 5.79. The first kappa shape index (κ1) is 23.0. The minimum Gasteiger partial charge on any atom is -0.380 e. The second kappa shape index (κ2) is 8.29. The fourth-order valence-corrected chi connectivity index (χ4v) is 6.42. The predicted octanol–water partition coefficient (Wildman–Crippen LogP) is 4.48. The Hall–Kier alpha value is -2.48. The Morgan fingerprint density at radius 2 is 2.09 bits per heavy atom. The summed E-state index contributed by atoms with van der Waals surface area (Å²) in [6.07, 6.45) is 5.85. The van der Waals surface area contributed by atoms with Crippen LogP contribution in [0.4, 0.5) is 4.39 Å². The Bertz CT molecular complexity index is 1300. The van der Waals surface area contributed by atoms with Crippen LogP contribution in [0.15, 0.2) is 50.6 Å². The van der Waals surface area contributed by atoms with Gasteiger partial charge in [-0.3, -0.25) is 4.79 Å². The number of nitrogens with one attached hydrogen (secondary N) is 1. The highest BCUT2D eigenvalue weighted by Gasteiger charge is 2.47. The third-order valence-electron chi connectivity index (χ3n) is 8.42. The van der Waals surface area contributed by atoms with Crippen molar-refractivity contribution in [1.82, 2.24) is 9.88 Å². The average molecular weight is 481 g/mol. The van der Waals surface area contributed by atoms with Gasteiger partial charge in [-0.05, 0) is 73.5 Å². The molecular formula is C28H33FN2O4. The molecule has 1 aromatic heterocycles. The van der Waals surface area contributed by atoms with Gasteiger partial charge in [0.15, 0.2) is 6.29 Å². The van der Waals surface area contributed by atoms with Crippen LogP contribution in [0.1, 0.15) is 76.1 Å². The van der Waals surface area contributed by atoms with Crippen molar-refractivity contribution in [3.63, 3.8) is 0 Å². The summed E-state index contributed by atoms with van der Waals surface area (Å²) in [7, 11) is 0. The van der Waals surface area contributed by atoms with Gasteiger partial charge in [0.1, 0.15) is 11.4 Å². The number of dihydropyridines is 1. The Balaban J connectivity index is 1.47. The minimum absolute atomic E-state index is 0.113. The van der Waals surface area contributed by atoms with Gasteiger partial charge in [0, 0.05) is 23.3 Å². The molecule has 186 valence electrons. The lowest BCUT2D eigenvalue weighted by molar-refractivity contribution is -0.260. The third kappa shape index (κ3) is 3.21. The van der Waals surface area contributed by atoms with Crippen LogP contribution in [0, 0.1) is 0 Å². The second-order valence-corrected chi connectivity index (χ2v) is 10.3. The molecular weight excluding hydrogens is 447 g/mol. The van der Waals surface area contributed by atoms with Crippen molar-refractivity contribution >= 4 is 5.70 Å². The van der Waals surface area contributed by atoms with Gasteiger partial charge in [0.05, 0.1) is 30.6 Å². The summed E-state index contributed by atoms with van der Waals surface area (Å²) in [5.74, 6) is -0.169. The maximum absolute atomic E-state index is 14.8. The number of ether oxygens (including phenoxy) is 2. The molecule has 2 aliphatic carbocycles. The van der Waals surface area contributed by atoms with Gasteiger partial charge < -0.3 is 24.5 Å². The van der Waals surface area contributed by atoms with Gasteiger partial charge in [-0.25, -0.2) is 4.39 Å². The van der Waals surface area contributed by atoms with E-state index in [4.69, 9.17) is 9.47 Å². The van der Waals surface area contributed by atoms with Crippen LogP contribution in [0.2, 0.25) is 0 Å². The molecule has 0 radical (unpaired) electrons. The van der Waals surface area contributed by atoms with Crippen LogP contribution < -0.4 is 10.9 Å². The average Bonchev–Trinajstić information content (AvgIpc) is 3.23. The maximum Gasteiger partial charge on any atom is 0.257 e. The summed E-state index contributed by atoms with van der Waals surface area (Å²) in [5.41, 5.74) is 6.58. The van der Waals surface area contributed by atoms with Crippen molar-refractivity contribution < 1.29 is 19.0 Å². The van der Waals surface area contributed by atoms with E-state index in [-0.39, 0.29) is 24.0 Å². The van der Waals surface area contributed by atoms with Crippen molar-refractivity contribution in [2.24, 2.45) is 0 Å². The Morgan fingerprint density at radius 3 is 2.86 bits per heavy atom. The monoisotopic (exact) mass is 480 g/mol. The number of allylic oxidation sites excluding steroid dienone is 4. The van der Waals surface area contributed by atoms with E-state index in [2.05, 4.69) is 12.2 Å². The van der Waals surface area contributed by atoms with Crippen LogP contribution in [-0.4, -0.2) is 28.6 Å². The number of halogens is 1. The molecule has 2 N–H and O–H groups in total. The quantitative estimate of drug-likeness (QED) is 0.608. The Labute approximate surface area is 204 Å². The van der Waals surface area contributed by atoms with Crippen molar-refractivity contribution in [2.75, 3.05) is 6.61 Å². The van der Waals surface area contributed by atoms with Crippen LogP contribution in [0.25, 0.3) is 5.70 Å². The highest BCUT2D eigenvalue weighted by atomic mass is 19.1. The predicted molar refractivity (Wildman–Crippen MR) is 131 cm³/mol. The second-order valence-electron chi connectivity index (χ2n) is 10.3. The molecule has 35 heavy (non-hydrogen) atoms. The normalized spacial score (nSPS) is 28.9. The Morgan fingerprint density at radius 1 is 1.29 bits per heavy atom. The first-order chi connectivity index (χ1) is 16.9. The molecule has 4 heterocycles. The third-order valence-corrected chi connectivity index (χ3v) is 8.42. The number of fused-ring (bicyclic) bond motifs is 4. The maximum atomic E-state index is 14.8. The van der Waals surface area contributed by atoms with Gasteiger partial charge in [-0.15, -0.1) is 0 Å². The van der Waals surface area contributed by atoms with Crippen LogP contribution >= 0.6 is 0 Å². The lowest BCUT2D eigenvalue weighted by atomic mass is 9.74. The molecule has 1 aromatic rings. The van der Waals surface area contributed by atoms with Gasteiger partial charge in [-0.2, -0.15) is 0 Å². The molecule has 0 aromatic carbocycles. The number of aliphatic hydroxyl groups is 1. The van der Waals surface area contributed by atoms with E-state index in [0.717, 1.165) is 60.2 Å². The summed E-state index contributed by atoms with van der Waals surface area (Å²) in [6, 6.07) is 1.70. The number of nitrogens with zero attached hydrogens (tertiary/aromatic N) is 1. The summed E-state index contributed by atoms with van der Waals surface area (Å²) >= 11 is 0. The lowest BCUT2D eigenvalue weighted by Gasteiger charge is -2.40. The van der Waals surface area contributed by atoms with Gasteiger partial charge in [-0.1, -0.05) is 20.3 Å². The van der Waals surface area contributed by atoms with E-state index >= 15 is 0 Å². The largest absolute Gasteiger partial charge is 0.380 e. The zero-order valence-electron chi connectivity index (χ0n) is 20.7. The number of aromatic nitrogens is 1. The van der Waals surface area contributed by atoms with Gasteiger partial charge in [0.2, 0.25) is 0 Å². The summed E-state index contributed by atoms with van der Waals surface area (Å²) in [4.78, 5) is 13.7. The molecule has 7 heteroatoms. The zero-order valence-corrected chi connectivity index (χ0v) is 20.7. The smallest absolute Gasteiger partial charge is 0.257 e. The zero-order chi connectivity index (χ0) is 24.5. The van der Waals surface area contributed by atoms with Crippen LogP contribution in [-0.2, 0) is 28.2 Å². The highest BCUT2D eigenvalue weighted by Crippen LogP contribution is 2.48. The topological polar surface area (TPSA) is 72.7 Å². The van der Waals surface area contributed by atoms with E-state index in [0.29, 0.717) is 30.7 Å². The molecule has 6 rings (SSSR count). The molecule has 0 fully saturated rings. The molecule has 6 nitrogen and oxygen atoms in total. The minimum atomic E-state index is -1.41. The number of hydrogen-bond donors (Lipinski definition) is 2. The summed E-state index contributed by atoms with van der Waals surface area (Å²) in [6.45, 7) is 6.92. The fourth-order valence-electron chi connectivity index (χ4n) is 6.42. The number of hydrogen-bond acceptors (Lipinski definition) is 5. The van der Waals surface area contributed by atoms with E-state index in [1.54, 1.807) is 10.6 Å². The molecule has 3 aliphatic heterocycles. The molecule has 5 aliphatic rings. The molecule has 3 unspecified atom stereocenters. The van der Waals surface area contributed by atoms with Crippen molar-refractivity contribution in [3.05, 3.63) is 73.0 Å². The SMILES string of the molecule is CCCCOC1OCc2c(cc3n(c2=O)CC2=C3NC3C=C(F)C(C)=C4CCCC2=C43)C1(O)CC.